The molecule has 2 aromatic rings. The molecule has 0 radical (unpaired) electrons. The van der Waals surface area contributed by atoms with E-state index in [1.165, 1.54) is 25.4 Å². The Morgan fingerprint density at radius 2 is 2.11 bits per heavy atom. The Kier molecular flexibility index (Phi) is 3.28. The van der Waals surface area contributed by atoms with E-state index in [2.05, 4.69) is 15.5 Å². The maximum atomic E-state index is 13.6. The first-order chi connectivity index (χ1) is 8.99. The predicted octanol–water partition coefficient (Wildman–Crippen LogP) is 1.21. The molecule has 0 unspecified atom stereocenters. The van der Waals surface area contributed by atoms with Gasteiger partial charge in [0.2, 0.25) is 5.91 Å². The Morgan fingerprint density at radius 3 is 2.68 bits per heavy atom. The Balaban J connectivity index is 2.34. The van der Waals surface area contributed by atoms with E-state index in [4.69, 9.17) is 5.73 Å². The van der Waals surface area contributed by atoms with E-state index in [0.29, 0.717) is 5.56 Å². The molecule has 4 N–H and O–H groups in total. The first-order valence-electron chi connectivity index (χ1n) is 5.39. The standard InChI is InChI=1S/C12H11FN4O2/c1-6-9(13)2-7(11(14)18)3-10(6)17-12(19)8-4-15-16-5-8/h2-5H,1H3,(H2,14,18)(H,15,16)(H,17,19). The SMILES string of the molecule is Cc1c(F)cc(C(N)=O)cc1NC(=O)c1cn[nH]c1. The van der Waals surface area contributed by atoms with Crippen LogP contribution in [-0.2, 0) is 0 Å². The zero-order valence-electron chi connectivity index (χ0n) is 10.0. The van der Waals surface area contributed by atoms with Gasteiger partial charge < -0.3 is 11.1 Å². The van der Waals surface area contributed by atoms with Gasteiger partial charge in [0.05, 0.1) is 11.8 Å². The highest BCUT2D eigenvalue weighted by Gasteiger charge is 2.14. The molecule has 2 amide bonds. The molecule has 0 aliphatic heterocycles. The minimum atomic E-state index is -0.766. The molecule has 1 aromatic carbocycles. The highest BCUT2D eigenvalue weighted by molar-refractivity contribution is 6.05. The molecular formula is C12H11FN4O2. The van der Waals surface area contributed by atoms with Crippen LogP contribution in [0.3, 0.4) is 0 Å². The number of carbonyl (C=O) groups is 2. The monoisotopic (exact) mass is 262 g/mol. The van der Waals surface area contributed by atoms with Crippen LogP contribution in [-0.4, -0.2) is 22.0 Å². The van der Waals surface area contributed by atoms with Crippen molar-refractivity contribution in [3.05, 3.63) is 47.0 Å². The summed E-state index contributed by atoms with van der Waals surface area (Å²) in [5.74, 6) is -1.84. The number of anilines is 1. The second-order valence-corrected chi connectivity index (χ2v) is 3.94. The predicted molar refractivity (Wildman–Crippen MR) is 66.2 cm³/mol. The van der Waals surface area contributed by atoms with Gasteiger partial charge in [-0.05, 0) is 19.1 Å². The summed E-state index contributed by atoms with van der Waals surface area (Å²) < 4.78 is 13.6. The lowest BCUT2D eigenvalue weighted by Crippen LogP contribution is -2.16. The van der Waals surface area contributed by atoms with Crippen molar-refractivity contribution in [1.29, 1.82) is 0 Å². The molecule has 0 fully saturated rings. The molecule has 0 aliphatic carbocycles. The molecule has 0 atom stereocenters. The number of hydrogen-bond donors (Lipinski definition) is 3. The summed E-state index contributed by atoms with van der Waals surface area (Å²) in [7, 11) is 0. The fourth-order valence-electron chi connectivity index (χ4n) is 1.52. The number of amides is 2. The first kappa shape index (κ1) is 12.7. The average Bonchev–Trinajstić information content (AvgIpc) is 2.88. The van der Waals surface area contributed by atoms with Crippen LogP contribution < -0.4 is 11.1 Å². The number of nitrogens with one attached hydrogen (secondary N) is 2. The first-order valence-corrected chi connectivity index (χ1v) is 5.39. The zero-order chi connectivity index (χ0) is 14.0. The Bertz CT molecular complexity index is 637. The summed E-state index contributed by atoms with van der Waals surface area (Å²) in [5.41, 5.74) is 5.80. The number of benzene rings is 1. The smallest absolute Gasteiger partial charge is 0.258 e. The normalized spacial score (nSPS) is 10.2. The number of hydrogen-bond acceptors (Lipinski definition) is 3. The van der Waals surface area contributed by atoms with Crippen molar-refractivity contribution in [2.24, 2.45) is 5.73 Å². The number of H-pyrrole nitrogens is 1. The number of nitrogens with two attached hydrogens (primary N) is 1. The Morgan fingerprint density at radius 1 is 1.37 bits per heavy atom. The van der Waals surface area contributed by atoms with Crippen LogP contribution >= 0.6 is 0 Å². The number of primary amides is 1. The molecule has 1 aromatic heterocycles. The van der Waals surface area contributed by atoms with E-state index in [0.717, 1.165) is 6.07 Å². The van der Waals surface area contributed by atoms with Gasteiger partial charge in [-0.15, -0.1) is 0 Å². The van der Waals surface area contributed by atoms with Crippen LogP contribution in [0.15, 0.2) is 24.5 Å². The molecule has 98 valence electrons. The molecule has 2 rings (SSSR count). The number of aromatic nitrogens is 2. The maximum absolute atomic E-state index is 13.6. The molecule has 6 nitrogen and oxygen atoms in total. The number of rotatable bonds is 3. The summed E-state index contributed by atoms with van der Waals surface area (Å²) in [6.07, 6.45) is 2.73. The van der Waals surface area contributed by atoms with Crippen LogP contribution in [0.1, 0.15) is 26.3 Å². The topological polar surface area (TPSA) is 101 Å². The molecule has 0 aliphatic rings. The van der Waals surface area contributed by atoms with E-state index < -0.39 is 17.6 Å². The lowest BCUT2D eigenvalue weighted by molar-refractivity contribution is 0.0995. The van der Waals surface area contributed by atoms with Crippen LogP contribution in [0.5, 0.6) is 0 Å². The number of halogens is 1. The molecule has 0 saturated carbocycles. The molecule has 7 heteroatoms. The van der Waals surface area contributed by atoms with Gasteiger partial charge in [0, 0.05) is 23.0 Å². The third-order valence-electron chi connectivity index (χ3n) is 2.64. The zero-order valence-corrected chi connectivity index (χ0v) is 10.0. The quantitative estimate of drug-likeness (QED) is 0.774. The van der Waals surface area contributed by atoms with Gasteiger partial charge in [0.1, 0.15) is 5.82 Å². The van der Waals surface area contributed by atoms with Crippen molar-refractivity contribution >= 4 is 17.5 Å². The van der Waals surface area contributed by atoms with Crippen molar-refractivity contribution in [3.63, 3.8) is 0 Å². The van der Waals surface area contributed by atoms with Crippen LogP contribution in [0.25, 0.3) is 0 Å². The van der Waals surface area contributed by atoms with Gasteiger partial charge in [-0.25, -0.2) is 4.39 Å². The van der Waals surface area contributed by atoms with E-state index >= 15 is 0 Å². The fraction of sp³-hybridized carbons (Fsp3) is 0.0833. The van der Waals surface area contributed by atoms with Crippen molar-refractivity contribution in [3.8, 4) is 0 Å². The fourth-order valence-corrected chi connectivity index (χ4v) is 1.52. The van der Waals surface area contributed by atoms with Gasteiger partial charge in [-0.1, -0.05) is 0 Å². The lowest BCUT2D eigenvalue weighted by Gasteiger charge is -2.09. The Hall–Kier alpha value is -2.70. The minimum absolute atomic E-state index is 0.00871. The molecule has 0 spiro atoms. The average molecular weight is 262 g/mol. The van der Waals surface area contributed by atoms with Crippen molar-refractivity contribution in [2.45, 2.75) is 6.92 Å². The minimum Gasteiger partial charge on any atom is -0.366 e. The van der Waals surface area contributed by atoms with Crippen molar-refractivity contribution in [1.82, 2.24) is 10.2 Å². The van der Waals surface area contributed by atoms with Gasteiger partial charge in [-0.3, -0.25) is 14.7 Å². The Labute approximate surface area is 107 Å². The largest absolute Gasteiger partial charge is 0.366 e. The molecule has 19 heavy (non-hydrogen) atoms. The highest BCUT2D eigenvalue weighted by Crippen LogP contribution is 2.21. The molecular weight excluding hydrogens is 251 g/mol. The highest BCUT2D eigenvalue weighted by atomic mass is 19.1. The number of nitrogens with zero attached hydrogens (tertiary/aromatic N) is 1. The summed E-state index contributed by atoms with van der Waals surface area (Å²) >= 11 is 0. The summed E-state index contributed by atoms with van der Waals surface area (Å²) in [5, 5.41) is 8.63. The summed E-state index contributed by atoms with van der Waals surface area (Å²) in [6, 6.07) is 2.36. The van der Waals surface area contributed by atoms with Gasteiger partial charge in [0.15, 0.2) is 0 Å². The van der Waals surface area contributed by atoms with E-state index in [-0.39, 0.29) is 16.8 Å². The van der Waals surface area contributed by atoms with Crippen LogP contribution in [0.2, 0.25) is 0 Å². The van der Waals surface area contributed by atoms with Crippen molar-refractivity contribution < 1.29 is 14.0 Å². The van der Waals surface area contributed by atoms with E-state index in [1.54, 1.807) is 0 Å². The molecule has 0 saturated heterocycles. The third kappa shape index (κ3) is 2.59. The second kappa shape index (κ2) is 4.89. The third-order valence-corrected chi connectivity index (χ3v) is 2.64. The van der Waals surface area contributed by atoms with Crippen LogP contribution in [0, 0.1) is 12.7 Å². The number of carbonyl (C=O) groups excluding carboxylic acids is 2. The van der Waals surface area contributed by atoms with E-state index in [9.17, 15) is 14.0 Å². The molecule has 0 bridgehead atoms. The van der Waals surface area contributed by atoms with Gasteiger partial charge in [0.25, 0.3) is 5.91 Å². The lowest BCUT2D eigenvalue weighted by atomic mass is 10.1. The number of aromatic amines is 1. The maximum Gasteiger partial charge on any atom is 0.258 e. The summed E-state index contributed by atoms with van der Waals surface area (Å²) in [6.45, 7) is 1.49. The van der Waals surface area contributed by atoms with Crippen molar-refractivity contribution in [2.75, 3.05) is 5.32 Å². The second-order valence-electron chi connectivity index (χ2n) is 3.94. The van der Waals surface area contributed by atoms with Gasteiger partial charge >= 0.3 is 0 Å². The summed E-state index contributed by atoms with van der Waals surface area (Å²) in [4.78, 5) is 22.9. The molecule has 1 heterocycles. The van der Waals surface area contributed by atoms with Crippen LogP contribution in [0.4, 0.5) is 10.1 Å². The van der Waals surface area contributed by atoms with Gasteiger partial charge in [-0.2, -0.15) is 5.10 Å². The van der Waals surface area contributed by atoms with E-state index in [1.807, 2.05) is 0 Å².